The zero-order chi connectivity index (χ0) is 13.5. The molecule has 0 radical (unpaired) electrons. The smallest absolute Gasteiger partial charge is 0.206 e. The van der Waals surface area contributed by atoms with Gasteiger partial charge in [-0.05, 0) is 37.3 Å². The minimum absolute atomic E-state index is 0.262. The summed E-state index contributed by atoms with van der Waals surface area (Å²) >= 11 is 0. The normalized spacial score (nSPS) is 11.8. The molecule has 1 aromatic heterocycles. The minimum atomic E-state index is -3.48. The second-order valence-electron chi connectivity index (χ2n) is 4.32. The van der Waals surface area contributed by atoms with Gasteiger partial charge in [-0.25, -0.2) is 13.4 Å². The van der Waals surface area contributed by atoms with Crippen molar-refractivity contribution < 1.29 is 8.42 Å². The summed E-state index contributed by atoms with van der Waals surface area (Å²) in [6, 6.07) is 13.3. The summed E-state index contributed by atoms with van der Waals surface area (Å²) in [6.45, 7) is 1.84. The van der Waals surface area contributed by atoms with Crippen LogP contribution < -0.4 is 0 Å². The maximum absolute atomic E-state index is 12.4. The van der Waals surface area contributed by atoms with Crippen LogP contribution in [0.2, 0.25) is 0 Å². The average molecular weight is 272 g/mol. The second-order valence-corrected chi connectivity index (χ2v) is 6.27. The molecule has 0 atom stereocenters. The van der Waals surface area contributed by atoms with Crippen LogP contribution in [0.25, 0.3) is 11.0 Å². The number of nitrogens with one attached hydrogen (secondary N) is 1. The van der Waals surface area contributed by atoms with Gasteiger partial charge < -0.3 is 4.98 Å². The van der Waals surface area contributed by atoms with Gasteiger partial charge in [0.15, 0.2) is 0 Å². The maximum atomic E-state index is 12.4. The van der Waals surface area contributed by atoms with Crippen molar-refractivity contribution in [3.05, 3.63) is 54.4 Å². The summed E-state index contributed by atoms with van der Waals surface area (Å²) in [7, 11) is -3.48. The van der Waals surface area contributed by atoms with Crippen LogP contribution in [0.1, 0.15) is 5.82 Å². The Morgan fingerprint density at radius 2 is 1.74 bits per heavy atom. The van der Waals surface area contributed by atoms with Crippen molar-refractivity contribution >= 4 is 20.9 Å². The van der Waals surface area contributed by atoms with Gasteiger partial charge in [0.1, 0.15) is 5.82 Å². The molecule has 0 fully saturated rings. The molecule has 96 valence electrons. The molecule has 0 saturated carbocycles. The molecule has 1 heterocycles. The van der Waals surface area contributed by atoms with Gasteiger partial charge in [-0.15, -0.1) is 0 Å². The zero-order valence-electron chi connectivity index (χ0n) is 10.3. The van der Waals surface area contributed by atoms with Crippen LogP contribution in [0.5, 0.6) is 0 Å². The molecular weight excluding hydrogens is 260 g/mol. The van der Waals surface area contributed by atoms with Gasteiger partial charge in [0.05, 0.1) is 20.8 Å². The van der Waals surface area contributed by atoms with E-state index in [0.29, 0.717) is 10.4 Å². The lowest BCUT2D eigenvalue weighted by molar-refractivity contribution is 0.596. The number of nitrogens with zero attached hydrogens (tertiary/aromatic N) is 1. The summed E-state index contributed by atoms with van der Waals surface area (Å²) in [5.74, 6) is 0.768. The monoisotopic (exact) mass is 272 g/mol. The standard InChI is InChI=1S/C14H12N2O2S/c1-10-15-13-8-7-12(9-14(13)16-10)19(17,18)11-5-3-2-4-6-11/h2-9H,1H3,(H,15,16). The third-order valence-corrected chi connectivity index (χ3v) is 4.70. The number of aromatic nitrogens is 2. The fourth-order valence-corrected chi connectivity index (χ4v) is 3.32. The second kappa shape index (κ2) is 4.20. The number of H-pyrrole nitrogens is 1. The molecule has 0 aliphatic heterocycles. The van der Waals surface area contributed by atoms with Crippen molar-refractivity contribution in [3.63, 3.8) is 0 Å². The van der Waals surface area contributed by atoms with Gasteiger partial charge in [0.2, 0.25) is 9.84 Å². The number of sulfone groups is 1. The molecule has 19 heavy (non-hydrogen) atoms. The minimum Gasteiger partial charge on any atom is -0.342 e. The van der Waals surface area contributed by atoms with Gasteiger partial charge in [-0.1, -0.05) is 18.2 Å². The summed E-state index contributed by atoms with van der Waals surface area (Å²) < 4.78 is 24.9. The Labute approximate surface area is 111 Å². The van der Waals surface area contributed by atoms with Crippen molar-refractivity contribution in [2.75, 3.05) is 0 Å². The number of imidazole rings is 1. The molecule has 5 heteroatoms. The number of aromatic amines is 1. The molecule has 4 nitrogen and oxygen atoms in total. The highest BCUT2D eigenvalue weighted by atomic mass is 32.2. The molecule has 0 unspecified atom stereocenters. The van der Waals surface area contributed by atoms with Crippen LogP contribution >= 0.6 is 0 Å². The number of aryl methyl sites for hydroxylation is 1. The highest BCUT2D eigenvalue weighted by Crippen LogP contribution is 2.23. The fourth-order valence-electron chi connectivity index (χ4n) is 2.02. The Morgan fingerprint density at radius 1 is 1.00 bits per heavy atom. The number of benzene rings is 2. The van der Waals surface area contributed by atoms with Crippen LogP contribution in [-0.2, 0) is 9.84 Å². The van der Waals surface area contributed by atoms with Crippen LogP contribution in [0, 0.1) is 6.92 Å². The first-order valence-corrected chi connectivity index (χ1v) is 7.32. The van der Waals surface area contributed by atoms with E-state index in [0.717, 1.165) is 11.3 Å². The fraction of sp³-hybridized carbons (Fsp3) is 0.0714. The summed E-state index contributed by atoms with van der Waals surface area (Å²) in [5, 5.41) is 0. The van der Waals surface area contributed by atoms with Crippen LogP contribution in [-0.4, -0.2) is 18.4 Å². The Balaban J connectivity index is 2.18. The molecule has 0 aliphatic rings. The molecule has 1 N–H and O–H groups in total. The SMILES string of the molecule is Cc1nc2cc(S(=O)(=O)c3ccccc3)ccc2[nH]1. The Morgan fingerprint density at radius 3 is 2.47 bits per heavy atom. The van der Waals surface area contributed by atoms with E-state index in [-0.39, 0.29) is 4.90 Å². The van der Waals surface area contributed by atoms with Gasteiger partial charge >= 0.3 is 0 Å². The topological polar surface area (TPSA) is 62.8 Å². The van der Waals surface area contributed by atoms with Crippen molar-refractivity contribution in [1.29, 1.82) is 0 Å². The van der Waals surface area contributed by atoms with E-state index in [1.54, 1.807) is 48.5 Å². The third kappa shape index (κ3) is 2.02. The zero-order valence-corrected chi connectivity index (χ0v) is 11.1. The first-order chi connectivity index (χ1) is 9.07. The van der Waals surface area contributed by atoms with Crippen molar-refractivity contribution in [1.82, 2.24) is 9.97 Å². The van der Waals surface area contributed by atoms with E-state index in [9.17, 15) is 8.42 Å². The van der Waals surface area contributed by atoms with E-state index in [4.69, 9.17) is 0 Å². The Bertz CT molecular complexity index is 836. The van der Waals surface area contributed by atoms with E-state index < -0.39 is 9.84 Å². The summed E-state index contributed by atoms with van der Waals surface area (Å²) in [6.07, 6.45) is 0. The average Bonchev–Trinajstić information content (AvgIpc) is 2.78. The number of hydrogen-bond donors (Lipinski definition) is 1. The van der Waals surface area contributed by atoms with Crippen molar-refractivity contribution in [2.45, 2.75) is 16.7 Å². The van der Waals surface area contributed by atoms with Gasteiger partial charge in [0, 0.05) is 0 Å². The quantitative estimate of drug-likeness (QED) is 0.780. The molecule has 3 aromatic rings. The number of fused-ring (bicyclic) bond motifs is 1. The molecule has 0 amide bonds. The highest BCUT2D eigenvalue weighted by Gasteiger charge is 2.17. The molecule has 3 rings (SSSR count). The number of hydrogen-bond acceptors (Lipinski definition) is 3. The molecule has 0 aliphatic carbocycles. The third-order valence-electron chi connectivity index (χ3n) is 2.94. The first kappa shape index (κ1) is 11.9. The summed E-state index contributed by atoms with van der Waals surface area (Å²) in [4.78, 5) is 7.89. The van der Waals surface area contributed by atoms with Crippen LogP contribution in [0.4, 0.5) is 0 Å². The summed E-state index contributed by atoms with van der Waals surface area (Å²) in [5.41, 5.74) is 1.50. The van der Waals surface area contributed by atoms with Gasteiger partial charge in [-0.2, -0.15) is 0 Å². The Kier molecular flexibility index (Phi) is 2.64. The lowest BCUT2D eigenvalue weighted by Gasteiger charge is -2.04. The molecule has 2 aromatic carbocycles. The van der Waals surface area contributed by atoms with E-state index >= 15 is 0 Å². The van der Waals surface area contributed by atoms with Gasteiger partial charge in [-0.3, -0.25) is 0 Å². The molecule has 0 spiro atoms. The van der Waals surface area contributed by atoms with E-state index in [2.05, 4.69) is 9.97 Å². The highest BCUT2D eigenvalue weighted by molar-refractivity contribution is 7.91. The van der Waals surface area contributed by atoms with E-state index in [1.165, 1.54) is 0 Å². The Hall–Kier alpha value is -2.14. The van der Waals surface area contributed by atoms with Crippen LogP contribution in [0.3, 0.4) is 0 Å². The maximum Gasteiger partial charge on any atom is 0.206 e. The lowest BCUT2D eigenvalue weighted by atomic mass is 10.3. The van der Waals surface area contributed by atoms with Crippen molar-refractivity contribution in [3.8, 4) is 0 Å². The number of rotatable bonds is 2. The molecule has 0 bridgehead atoms. The largest absolute Gasteiger partial charge is 0.342 e. The lowest BCUT2D eigenvalue weighted by Crippen LogP contribution is -2.01. The van der Waals surface area contributed by atoms with E-state index in [1.807, 2.05) is 6.92 Å². The van der Waals surface area contributed by atoms with Gasteiger partial charge in [0.25, 0.3) is 0 Å². The predicted octanol–water partition coefficient (Wildman–Crippen LogP) is 2.70. The predicted molar refractivity (Wildman–Crippen MR) is 72.7 cm³/mol. The molecular formula is C14H12N2O2S. The van der Waals surface area contributed by atoms with Crippen LogP contribution in [0.15, 0.2) is 58.3 Å². The van der Waals surface area contributed by atoms with Crippen molar-refractivity contribution in [2.24, 2.45) is 0 Å². The molecule has 0 saturated heterocycles. The first-order valence-electron chi connectivity index (χ1n) is 5.84.